The number of rotatable bonds is 3. The summed E-state index contributed by atoms with van der Waals surface area (Å²) in [6.45, 7) is 3.81. The van der Waals surface area contributed by atoms with Crippen LogP contribution in [0, 0.1) is 0 Å². The highest BCUT2D eigenvalue weighted by Gasteiger charge is 2.15. The van der Waals surface area contributed by atoms with Crippen LogP contribution in [0.5, 0.6) is 0 Å². The van der Waals surface area contributed by atoms with Gasteiger partial charge in [-0.2, -0.15) is 0 Å². The Morgan fingerprint density at radius 1 is 1.56 bits per heavy atom. The molecule has 0 fully saturated rings. The second kappa shape index (κ2) is 6.16. The molecule has 1 aliphatic heterocycles. The molecule has 2 N–H and O–H groups in total. The largest absolute Gasteiger partial charge is 0.463 e. The van der Waals surface area contributed by atoms with Crippen LogP contribution in [0.3, 0.4) is 0 Å². The predicted octanol–water partition coefficient (Wildman–Crippen LogP) is 0.524. The molecule has 0 aliphatic carbocycles. The van der Waals surface area contributed by atoms with Crippen LogP contribution in [0.25, 0.3) is 0 Å². The number of hydrazone groups is 1. The predicted molar refractivity (Wildman–Crippen MR) is 61.3 cm³/mol. The van der Waals surface area contributed by atoms with Gasteiger partial charge in [0.15, 0.2) is 5.17 Å². The van der Waals surface area contributed by atoms with Gasteiger partial charge in [0.2, 0.25) is 5.91 Å². The smallest absolute Gasteiger partial charge is 0.333 e. The third-order valence-corrected chi connectivity index (χ3v) is 2.39. The summed E-state index contributed by atoms with van der Waals surface area (Å²) in [5.74, 6) is -0.554. The quantitative estimate of drug-likeness (QED) is 0.558. The fourth-order valence-electron chi connectivity index (χ4n) is 0.869. The van der Waals surface area contributed by atoms with Crippen molar-refractivity contribution < 1.29 is 14.3 Å². The number of hydrogen-bond acceptors (Lipinski definition) is 6. The molecule has 16 heavy (non-hydrogen) atoms. The van der Waals surface area contributed by atoms with Gasteiger partial charge in [-0.15, -0.1) is 5.10 Å². The number of carbonyl (C=O) groups is 2. The molecule has 1 aliphatic rings. The highest BCUT2D eigenvalue weighted by Crippen LogP contribution is 2.19. The monoisotopic (exact) mass is 243 g/mol. The van der Waals surface area contributed by atoms with Crippen LogP contribution in [0.4, 0.5) is 0 Å². The highest BCUT2D eigenvalue weighted by molar-refractivity contribution is 8.17. The molecule has 0 aromatic rings. The SMILES string of the molecule is CCOC(=O)/C=C1\NN=C(NC(=O)CC)S1. The zero-order chi connectivity index (χ0) is 12.0. The van der Waals surface area contributed by atoms with Crippen molar-refractivity contribution in [2.24, 2.45) is 5.10 Å². The van der Waals surface area contributed by atoms with E-state index in [1.165, 1.54) is 17.8 Å². The summed E-state index contributed by atoms with van der Waals surface area (Å²) < 4.78 is 4.73. The van der Waals surface area contributed by atoms with Crippen LogP contribution in [0.1, 0.15) is 20.3 Å². The summed E-state index contributed by atoms with van der Waals surface area (Å²) >= 11 is 1.18. The standard InChI is InChI=1S/C9H13N3O3S/c1-3-6(13)10-9-12-11-7(16-9)5-8(14)15-4-2/h5,11H,3-4H2,1-2H3,(H,10,12,13)/b7-5+. The van der Waals surface area contributed by atoms with E-state index in [0.717, 1.165) is 0 Å². The molecule has 0 saturated heterocycles. The number of hydrogen-bond donors (Lipinski definition) is 2. The second-order valence-corrected chi connectivity index (χ2v) is 3.82. The fraction of sp³-hybridized carbons (Fsp3) is 0.444. The van der Waals surface area contributed by atoms with Gasteiger partial charge >= 0.3 is 5.97 Å². The van der Waals surface area contributed by atoms with E-state index in [1.807, 2.05) is 0 Å². The minimum Gasteiger partial charge on any atom is -0.463 e. The van der Waals surface area contributed by atoms with Crippen LogP contribution in [0.15, 0.2) is 16.2 Å². The topological polar surface area (TPSA) is 79.8 Å². The second-order valence-electron chi connectivity index (χ2n) is 2.79. The minimum atomic E-state index is -0.434. The number of esters is 1. The van der Waals surface area contributed by atoms with Gasteiger partial charge in [0.25, 0.3) is 0 Å². The molecule has 0 aromatic carbocycles. The first-order valence-electron chi connectivity index (χ1n) is 4.85. The van der Waals surface area contributed by atoms with E-state index < -0.39 is 5.97 Å². The van der Waals surface area contributed by atoms with Crippen LogP contribution in [0.2, 0.25) is 0 Å². The summed E-state index contributed by atoms with van der Waals surface area (Å²) in [4.78, 5) is 22.1. The van der Waals surface area contributed by atoms with Crippen LogP contribution < -0.4 is 10.7 Å². The Morgan fingerprint density at radius 3 is 2.94 bits per heavy atom. The third-order valence-electron chi connectivity index (χ3n) is 1.58. The molecule has 0 saturated carbocycles. The Labute approximate surface area is 97.5 Å². The Hall–Kier alpha value is -1.50. The van der Waals surface area contributed by atoms with E-state index >= 15 is 0 Å². The summed E-state index contributed by atoms with van der Waals surface area (Å²) in [7, 11) is 0. The molecule has 1 amide bonds. The number of ether oxygens (including phenoxy) is 1. The summed E-state index contributed by atoms with van der Waals surface area (Å²) in [6.07, 6.45) is 1.68. The first-order chi connectivity index (χ1) is 7.65. The fourth-order valence-corrected chi connectivity index (χ4v) is 1.58. The molecule has 0 aromatic heterocycles. The summed E-state index contributed by atoms with van der Waals surface area (Å²) in [6, 6.07) is 0. The minimum absolute atomic E-state index is 0.120. The molecule has 0 radical (unpaired) electrons. The van der Waals surface area contributed by atoms with Crippen molar-refractivity contribution in [3.8, 4) is 0 Å². The Bertz CT molecular complexity index is 352. The molecule has 88 valence electrons. The van der Waals surface area contributed by atoms with Crippen molar-refractivity contribution >= 4 is 28.8 Å². The van der Waals surface area contributed by atoms with Crippen molar-refractivity contribution in [3.63, 3.8) is 0 Å². The van der Waals surface area contributed by atoms with Gasteiger partial charge in [-0.05, 0) is 18.7 Å². The van der Waals surface area contributed by atoms with Crippen LogP contribution in [-0.4, -0.2) is 23.7 Å². The number of amidine groups is 1. The van der Waals surface area contributed by atoms with E-state index in [0.29, 0.717) is 23.2 Å². The Balaban J connectivity index is 2.44. The molecule has 7 heteroatoms. The number of amides is 1. The molecule has 0 bridgehead atoms. The van der Waals surface area contributed by atoms with E-state index in [1.54, 1.807) is 13.8 Å². The zero-order valence-corrected chi connectivity index (χ0v) is 9.89. The summed E-state index contributed by atoms with van der Waals surface area (Å²) in [5.41, 5.74) is 2.62. The lowest BCUT2D eigenvalue weighted by atomic mass is 10.5. The average molecular weight is 243 g/mol. The first-order valence-corrected chi connectivity index (χ1v) is 5.67. The average Bonchev–Trinajstić information content (AvgIpc) is 2.65. The normalized spacial score (nSPS) is 16.6. The zero-order valence-electron chi connectivity index (χ0n) is 9.07. The van der Waals surface area contributed by atoms with Gasteiger partial charge in [-0.25, -0.2) is 4.79 Å². The van der Waals surface area contributed by atoms with E-state index in [4.69, 9.17) is 4.74 Å². The molecule has 1 rings (SSSR count). The van der Waals surface area contributed by atoms with Gasteiger partial charge in [-0.1, -0.05) is 6.92 Å². The molecular formula is C9H13N3O3S. The molecule has 1 heterocycles. The maximum Gasteiger partial charge on any atom is 0.333 e. The summed E-state index contributed by atoms with van der Waals surface area (Å²) in [5, 5.41) is 7.39. The first kappa shape index (κ1) is 12.6. The van der Waals surface area contributed by atoms with E-state index in [-0.39, 0.29) is 5.91 Å². The van der Waals surface area contributed by atoms with Crippen LogP contribution >= 0.6 is 11.8 Å². The lowest BCUT2D eigenvalue weighted by Crippen LogP contribution is -2.26. The number of thioether (sulfide) groups is 1. The molecule has 6 nitrogen and oxygen atoms in total. The van der Waals surface area contributed by atoms with Gasteiger partial charge in [-0.3, -0.25) is 10.2 Å². The molecule has 0 unspecified atom stereocenters. The Kier molecular flexibility index (Phi) is 4.84. The maximum absolute atomic E-state index is 11.1. The van der Waals surface area contributed by atoms with E-state index in [2.05, 4.69) is 15.8 Å². The van der Waals surface area contributed by atoms with Crippen molar-refractivity contribution in [2.75, 3.05) is 6.61 Å². The lowest BCUT2D eigenvalue weighted by Gasteiger charge is -1.99. The molecule has 0 atom stereocenters. The number of nitrogens with zero attached hydrogens (tertiary/aromatic N) is 1. The number of nitrogens with one attached hydrogen (secondary N) is 2. The highest BCUT2D eigenvalue weighted by atomic mass is 32.2. The third kappa shape index (κ3) is 3.93. The maximum atomic E-state index is 11.1. The Morgan fingerprint density at radius 2 is 2.31 bits per heavy atom. The van der Waals surface area contributed by atoms with Crippen molar-refractivity contribution in [1.82, 2.24) is 10.7 Å². The van der Waals surface area contributed by atoms with Gasteiger partial charge in [0.05, 0.1) is 12.7 Å². The van der Waals surface area contributed by atoms with Crippen molar-refractivity contribution in [3.05, 3.63) is 11.1 Å². The van der Waals surface area contributed by atoms with Crippen LogP contribution in [-0.2, 0) is 14.3 Å². The van der Waals surface area contributed by atoms with Crippen molar-refractivity contribution in [2.45, 2.75) is 20.3 Å². The van der Waals surface area contributed by atoms with Gasteiger partial charge in [0.1, 0.15) is 5.03 Å². The number of carbonyl (C=O) groups excluding carboxylic acids is 2. The molecular weight excluding hydrogens is 230 g/mol. The van der Waals surface area contributed by atoms with Gasteiger partial charge in [0, 0.05) is 6.42 Å². The van der Waals surface area contributed by atoms with E-state index in [9.17, 15) is 9.59 Å². The lowest BCUT2D eigenvalue weighted by molar-refractivity contribution is -0.137. The van der Waals surface area contributed by atoms with Crippen molar-refractivity contribution in [1.29, 1.82) is 0 Å². The van der Waals surface area contributed by atoms with Gasteiger partial charge < -0.3 is 10.1 Å². The molecule has 0 spiro atoms.